The van der Waals surface area contributed by atoms with Gasteiger partial charge in [-0.15, -0.1) is 0 Å². The minimum atomic E-state index is -0.0596. The first-order valence-corrected chi connectivity index (χ1v) is 9.24. The van der Waals surface area contributed by atoms with Gasteiger partial charge in [0.25, 0.3) is 5.91 Å². The lowest BCUT2D eigenvalue weighted by Gasteiger charge is -2.28. The molecule has 1 amide bonds. The first kappa shape index (κ1) is 19.1. The van der Waals surface area contributed by atoms with Crippen molar-refractivity contribution in [2.75, 3.05) is 27.2 Å². The standard InChI is InChI=1S/C22H28N4O/c1-16-24-19-13-17(21(27)23-14-22(2,3)15-25(4)5)11-12-20(19)26(16)18-9-7-6-8-10-18/h6-13H,14-15H2,1-5H3,(H,23,27). The lowest BCUT2D eigenvalue weighted by molar-refractivity contribution is 0.0929. The molecule has 0 atom stereocenters. The second-order valence-corrected chi connectivity index (χ2v) is 8.12. The van der Waals surface area contributed by atoms with E-state index in [1.54, 1.807) is 0 Å². The number of rotatable bonds is 6. The molecule has 142 valence electrons. The molecule has 0 aliphatic carbocycles. The van der Waals surface area contributed by atoms with Crippen molar-refractivity contribution in [1.82, 2.24) is 19.8 Å². The van der Waals surface area contributed by atoms with Gasteiger partial charge >= 0.3 is 0 Å². The number of carbonyl (C=O) groups excluding carboxylic acids is 1. The molecule has 1 heterocycles. The highest BCUT2D eigenvalue weighted by Gasteiger charge is 2.20. The zero-order valence-corrected chi connectivity index (χ0v) is 16.8. The molecule has 0 fully saturated rings. The predicted molar refractivity (Wildman–Crippen MR) is 110 cm³/mol. The molecule has 3 rings (SSSR count). The van der Waals surface area contributed by atoms with Crippen LogP contribution in [0.25, 0.3) is 16.7 Å². The van der Waals surface area contributed by atoms with Crippen LogP contribution < -0.4 is 5.32 Å². The molecule has 0 unspecified atom stereocenters. The van der Waals surface area contributed by atoms with Crippen molar-refractivity contribution in [3.63, 3.8) is 0 Å². The van der Waals surface area contributed by atoms with E-state index in [0.717, 1.165) is 29.1 Å². The second kappa shape index (κ2) is 7.53. The third-order valence-electron chi connectivity index (χ3n) is 4.57. The van der Waals surface area contributed by atoms with Gasteiger partial charge in [-0.2, -0.15) is 0 Å². The van der Waals surface area contributed by atoms with Crippen molar-refractivity contribution in [2.24, 2.45) is 5.41 Å². The Labute approximate surface area is 161 Å². The summed E-state index contributed by atoms with van der Waals surface area (Å²) in [6.07, 6.45) is 0. The molecule has 0 saturated heterocycles. The van der Waals surface area contributed by atoms with E-state index in [1.165, 1.54) is 0 Å². The van der Waals surface area contributed by atoms with Gasteiger partial charge in [-0.25, -0.2) is 4.98 Å². The highest BCUT2D eigenvalue weighted by atomic mass is 16.1. The molecule has 1 N–H and O–H groups in total. The van der Waals surface area contributed by atoms with E-state index in [9.17, 15) is 4.79 Å². The SMILES string of the molecule is Cc1nc2cc(C(=O)NCC(C)(C)CN(C)C)ccc2n1-c1ccccc1. The van der Waals surface area contributed by atoms with Gasteiger partial charge in [0.1, 0.15) is 5.82 Å². The number of amides is 1. The zero-order valence-electron chi connectivity index (χ0n) is 16.8. The summed E-state index contributed by atoms with van der Waals surface area (Å²) >= 11 is 0. The highest BCUT2D eigenvalue weighted by molar-refractivity contribution is 5.97. The summed E-state index contributed by atoms with van der Waals surface area (Å²) < 4.78 is 2.11. The van der Waals surface area contributed by atoms with Crippen molar-refractivity contribution >= 4 is 16.9 Å². The van der Waals surface area contributed by atoms with Crippen molar-refractivity contribution in [1.29, 1.82) is 0 Å². The van der Waals surface area contributed by atoms with Crippen LogP contribution in [-0.2, 0) is 0 Å². The van der Waals surface area contributed by atoms with Crippen molar-refractivity contribution in [3.8, 4) is 5.69 Å². The fourth-order valence-electron chi connectivity index (χ4n) is 3.58. The summed E-state index contributed by atoms with van der Waals surface area (Å²) in [5.74, 6) is 0.844. The molecule has 3 aromatic rings. The summed E-state index contributed by atoms with van der Waals surface area (Å²) in [5, 5.41) is 3.06. The van der Waals surface area contributed by atoms with Gasteiger partial charge in [-0.05, 0) is 56.8 Å². The average molecular weight is 364 g/mol. The van der Waals surface area contributed by atoms with Crippen molar-refractivity contribution in [2.45, 2.75) is 20.8 Å². The van der Waals surface area contributed by atoms with Crippen LogP contribution >= 0.6 is 0 Å². The minimum Gasteiger partial charge on any atom is -0.351 e. The molecule has 27 heavy (non-hydrogen) atoms. The molecule has 0 bridgehead atoms. The van der Waals surface area contributed by atoms with E-state index >= 15 is 0 Å². The number of carbonyl (C=O) groups is 1. The molecule has 1 aromatic heterocycles. The molecule has 0 radical (unpaired) electrons. The normalized spacial score (nSPS) is 11.9. The van der Waals surface area contributed by atoms with Gasteiger partial charge < -0.3 is 10.2 Å². The number of nitrogens with one attached hydrogen (secondary N) is 1. The number of benzene rings is 2. The number of aryl methyl sites for hydroxylation is 1. The lowest BCUT2D eigenvalue weighted by Crippen LogP contribution is -2.39. The van der Waals surface area contributed by atoms with Gasteiger partial charge in [0.15, 0.2) is 0 Å². The Morgan fingerprint density at radius 3 is 2.52 bits per heavy atom. The Morgan fingerprint density at radius 1 is 1.15 bits per heavy atom. The Morgan fingerprint density at radius 2 is 1.85 bits per heavy atom. The lowest BCUT2D eigenvalue weighted by atomic mass is 9.93. The summed E-state index contributed by atoms with van der Waals surface area (Å²) in [4.78, 5) is 19.4. The van der Waals surface area contributed by atoms with Crippen molar-refractivity contribution < 1.29 is 4.79 Å². The number of hydrogen-bond acceptors (Lipinski definition) is 3. The van der Waals surface area contributed by atoms with E-state index in [1.807, 2.05) is 57.4 Å². The number of hydrogen-bond donors (Lipinski definition) is 1. The zero-order chi connectivity index (χ0) is 19.6. The molecule has 0 aliphatic heterocycles. The van der Waals surface area contributed by atoms with Gasteiger partial charge in [0, 0.05) is 24.3 Å². The topological polar surface area (TPSA) is 50.2 Å². The second-order valence-electron chi connectivity index (χ2n) is 8.12. The predicted octanol–water partition coefficient (Wildman–Crippen LogP) is 3.65. The van der Waals surface area contributed by atoms with Gasteiger partial charge in [-0.3, -0.25) is 9.36 Å². The van der Waals surface area contributed by atoms with Crippen LogP contribution in [0, 0.1) is 12.3 Å². The maximum atomic E-state index is 12.6. The van der Waals surface area contributed by atoms with Gasteiger partial charge in [0.05, 0.1) is 11.0 Å². The first-order chi connectivity index (χ1) is 12.8. The van der Waals surface area contributed by atoms with Gasteiger partial charge in [0.2, 0.25) is 0 Å². The van der Waals surface area contributed by atoms with E-state index in [-0.39, 0.29) is 11.3 Å². The Balaban J connectivity index is 1.82. The van der Waals surface area contributed by atoms with E-state index in [4.69, 9.17) is 0 Å². The van der Waals surface area contributed by atoms with E-state index < -0.39 is 0 Å². The molecule has 0 spiro atoms. The average Bonchev–Trinajstić information content (AvgIpc) is 2.94. The number of imidazole rings is 1. The van der Waals surface area contributed by atoms with Gasteiger partial charge in [-0.1, -0.05) is 32.0 Å². The molecular formula is C22H28N4O. The maximum absolute atomic E-state index is 12.6. The van der Waals surface area contributed by atoms with E-state index in [0.29, 0.717) is 12.1 Å². The molecule has 2 aromatic carbocycles. The molecule has 0 saturated carbocycles. The fraction of sp³-hybridized carbons (Fsp3) is 0.364. The summed E-state index contributed by atoms with van der Waals surface area (Å²) in [6, 6.07) is 15.9. The maximum Gasteiger partial charge on any atom is 0.251 e. The number of aromatic nitrogens is 2. The third-order valence-corrected chi connectivity index (χ3v) is 4.57. The Hall–Kier alpha value is -2.66. The number of para-hydroxylation sites is 1. The molecular weight excluding hydrogens is 336 g/mol. The minimum absolute atomic E-state index is 0.00867. The summed E-state index contributed by atoms with van der Waals surface area (Å²) in [6.45, 7) is 7.83. The van der Waals surface area contributed by atoms with Crippen LogP contribution in [0.4, 0.5) is 0 Å². The number of nitrogens with zero attached hydrogens (tertiary/aromatic N) is 3. The molecule has 5 nitrogen and oxygen atoms in total. The first-order valence-electron chi connectivity index (χ1n) is 9.24. The Bertz CT molecular complexity index is 942. The van der Waals surface area contributed by atoms with Crippen LogP contribution in [0.1, 0.15) is 30.0 Å². The summed E-state index contributed by atoms with van der Waals surface area (Å²) in [7, 11) is 4.09. The smallest absolute Gasteiger partial charge is 0.251 e. The quantitative estimate of drug-likeness (QED) is 0.726. The molecule has 0 aliphatic rings. The van der Waals surface area contributed by atoms with E-state index in [2.05, 4.69) is 45.7 Å². The summed E-state index contributed by atoms with van der Waals surface area (Å²) in [5.41, 5.74) is 3.55. The van der Waals surface area contributed by atoms with Crippen LogP contribution in [0.3, 0.4) is 0 Å². The van der Waals surface area contributed by atoms with Crippen molar-refractivity contribution in [3.05, 3.63) is 59.9 Å². The fourth-order valence-corrected chi connectivity index (χ4v) is 3.58. The monoisotopic (exact) mass is 364 g/mol. The van der Waals surface area contributed by atoms with Crippen LogP contribution in [0.2, 0.25) is 0 Å². The molecule has 5 heteroatoms. The van der Waals surface area contributed by atoms with Crippen LogP contribution in [0.5, 0.6) is 0 Å². The third kappa shape index (κ3) is 4.37. The van der Waals surface area contributed by atoms with Crippen LogP contribution in [-0.4, -0.2) is 47.5 Å². The number of fused-ring (bicyclic) bond motifs is 1. The Kier molecular flexibility index (Phi) is 5.33. The van der Waals surface area contributed by atoms with Crippen LogP contribution in [0.15, 0.2) is 48.5 Å². The highest BCUT2D eigenvalue weighted by Crippen LogP contribution is 2.22. The largest absolute Gasteiger partial charge is 0.351 e.